The summed E-state index contributed by atoms with van der Waals surface area (Å²) in [6.07, 6.45) is 0. The van der Waals surface area contributed by atoms with Gasteiger partial charge in [-0.2, -0.15) is 0 Å². The number of nitrogens with one attached hydrogen (secondary N) is 1. The van der Waals surface area contributed by atoms with Crippen LogP contribution in [0.1, 0.15) is 18.3 Å². The van der Waals surface area contributed by atoms with Crippen molar-refractivity contribution in [2.75, 3.05) is 6.54 Å². The van der Waals surface area contributed by atoms with Gasteiger partial charge in [0.1, 0.15) is 24.0 Å². The van der Waals surface area contributed by atoms with Crippen LogP contribution in [0.2, 0.25) is 0 Å². The van der Waals surface area contributed by atoms with Crippen LogP contribution in [-0.2, 0) is 13.2 Å². The highest BCUT2D eigenvalue weighted by Gasteiger charge is 2.03. The molecule has 3 nitrogen and oxygen atoms in total. The molecule has 0 unspecified atom stereocenters. The van der Waals surface area contributed by atoms with Gasteiger partial charge < -0.3 is 10.1 Å². The molecule has 0 bridgehead atoms. The molecule has 0 amide bonds. The van der Waals surface area contributed by atoms with Crippen molar-refractivity contribution in [2.24, 2.45) is 0 Å². The van der Waals surface area contributed by atoms with Gasteiger partial charge in [-0.1, -0.05) is 13.0 Å². The first-order valence-corrected chi connectivity index (χ1v) is 6.42. The lowest BCUT2D eigenvalue weighted by molar-refractivity contribution is 0.297. The average Bonchev–Trinajstić information content (AvgIpc) is 2.42. The minimum Gasteiger partial charge on any atom is -0.487 e. The maximum absolute atomic E-state index is 13.0. The topological polar surface area (TPSA) is 34.1 Å². The second-order valence-electron chi connectivity index (χ2n) is 4.29. The Morgan fingerprint density at radius 1 is 1.10 bits per heavy atom. The molecule has 0 fully saturated rings. The molecule has 5 heteroatoms. The van der Waals surface area contributed by atoms with Gasteiger partial charge in [-0.15, -0.1) is 0 Å². The third-order valence-corrected chi connectivity index (χ3v) is 2.64. The quantitative estimate of drug-likeness (QED) is 0.882. The minimum absolute atomic E-state index is 0.154. The van der Waals surface area contributed by atoms with E-state index in [1.54, 1.807) is 0 Å². The summed E-state index contributed by atoms with van der Waals surface area (Å²) in [7, 11) is 0. The lowest BCUT2D eigenvalue weighted by Gasteiger charge is -2.08. The summed E-state index contributed by atoms with van der Waals surface area (Å²) in [6.45, 7) is 3.73. The number of rotatable bonds is 6. The number of hydrogen-bond acceptors (Lipinski definition) is 3. The molecule has 0 saturated carbocycles. The molecule has 0 radical (unpaired) electrons. The Labute approximate surface area is 116 Å². The van der Waals surface area contributed by atoms with Crippen LogP contribution in [0.25, 0.3) is 0 Å². The third-order valence-electron chi connectivity index (χ3n) is 2.64. The van der Waals surface area contributed by atoms with E-state index in [4.69, 9.17) is 4.74 Å². The van der Waals surface area contributed by atoms with Gasteiger partial charge in [0.15, 0.2) is 0 Å². The number of hydrogen-bond donors (Lipinski definition) is 1. The number of benzene rings is 1. The Hall–Kier alpha value is -2.01. The molecule has 0 aliphatic rings. The van der Waals surface area contributed by atoms with E-state index in [0.717, 1.165) is 30.4 Å². The van der Waals surface area contributed by atoms with Gasteiger partial charge in [0.05, 0.1) is 11.4 Å². The highest BCUT2D eigenvalue weighted by Crippen LogP contribution is 2.16. The van der Waals surface area contributed by atoms with Crippen molar-refractivity contribution in [2.45, 2.75) is 20.1 Å². The van der Waals surface area contributed by atoms with Gasteiger partial charge in [-0.05, 0) is 18.7 Å². The van der Waals surface area contributed by atoms with Gasteiger partial charge in [-0.3, -0.25) is 4.98 Å². The monoisotopic (exact) mass is 278 g/mol. The van der Waals surface area contributed by atoms with Crippen LogP contribution < -0.4 is 10.1 Å². The van der Waals surface area contributed by atoms with Gasteiger partial charge in [-0.25, -0.2) is 8.78 Å². The molecule has 0 spiro atoms. The van der Waals surface area contributed by atoms with E-state index in [9.17, 15) is 8.78 Å². The summed E-state index contributed by atoms with van der Waals surface area (Å²) in [4.78, 5) is 4.40. The summed E-state index contributed by atoms with van der Waals surface area (Å²) < 4.78 is 31.4. The van der Waals surface area contributed by atoms with Crippen molar-refractivity contribution in [3.05, 3.63) is 59.4 Å². The van der Waals surface area contributed by atoms with E-state index in [1.165, 1.54) is 0 Å². The van der Waals surface area contributed by atoms with Crippen molar-refractivity contribution in [3.8, 4) is 5.75 Å². The van der Waals surface area contributed by atoms with Crippen molar-refractivity contribution in [1.82, 2.24) is 10.3 Å². The average molecular weight is 278 g/mol. The van der Waals surface area contributed by atoms with E-state index in [1.807, 2.05) is 25.1 Å². The molecule has 0 atom stereocenters. The second-order valence-corrected chi connectivity index (χ2v) is 4.29. The fourth-order valence-corrected chi connectivity index (χ4v) is 1.73. The van der Waals surface area contributed by atoms with Crippen LogP contribution >= 0.6 is 0 Å². The molecule has 2 rings (SSSR count). The fourth-order valence-electron chi connectivity index (χ4n) is 1.73. The van der Waals surface area contributed by atoms with E-state index >= 15 is 0 Å². The van der Waals surface area contributed by atoms with Crippen LogP contribution in [-0.4, -0.2) is 11.5 Å². The lowest BCUT2D eigenvalue weighted by atomic mass is 10.3. The number of halogens is 2. The smallest absolute Gasteiger partial charge is 0.130 e. The Morgan fingerprint density at radius 3 is 2.50 bits per heavy atom. The molecule has 0 aliphatic heterocycles. The first kappa shape index (κ1) is 14.4. The summed E-state index contributed by atoms with van der Waals surface area (Å²) in [5.74, 6) is -1.16. The highest BCUT2D eigenvalue weighted by molar-refractivity contribution is 5.24. The van der Waals surface area contributed by atoms with Gasteiger partial charge >= 0.3 is 0 Å². The van der Waals surface area contributed by atoms with Crippen LogP contribution in [0.4, 0.5) is 8.78 Å². The molecule has 1 heterocycles. The predicted molar refractivity (Wildman–Crippen MR) is 72.3 cm³/mol. The molecule has 0 aliphatic carbocycles. The second kappa shape index (κ2) is 6.96. The van der Waals surface area contributed by atoms with Crippen LogP contribution in [0.3, 0.4) is 0 Å². The number of aromatic nitrogens is 1. The Morgan fingerprint density at radius 2 is 1.80 bits per heavy atom. The number of nitrogens with zero attached hydrogens (tertiary/aromatic N) is 1. The summed E-state index contributed by atoms with van der Waals surface area (Å²) >= 11 is 0. The minimum atomic E-state index is -0.658. The largest absolute Gasteiger partial charge is 0.487 e. The molecule has 1 aromatic carbocycles. The SMILES string of the molecule is CCNCc1cccc(COc2cc(F)cc(F)c2)n1. The molecule has 1 aromatic heterocycles. The fraction of sp³-hybridized carbons (Fsp3) is 0.267. The zero-order valence-electron chi connectivity index (χ0n) is 11.2. The Kier molecular flexibility index (Phi) is 5.01. The highest BCUT2D eigenvalue weighted by atomic mass is 19.1. The Balaban J connectivity index is 1.99. The van der Waals surface area contributed by atoms with Crippen molar-refractivity contribution >= 4 is 0 Å². The van der Waals surface area contributed by atoms with Gasteiger partial charge in [0.2, 0.25) is 0 Å². The van der Waals surface area contributed by atoms with Crippen molar-refractivity contribution in [3.63, 3.8) is 0 Å². The molecular formula is C15H16F2N2O. The standard InChI is InChI=1S/C15H16F2N2O/c1-2-18-9-13-4-3-5-14(19-13)10-20-15-7-11(16)6-12(17)8-15/h3-8,18H,2,9-10H2,1H3. The Bertz CT molecular complexity index is 555. The molecule has 20 heavy (non-hydrogen) atoms. The maximum Gasteiger partial charge on any atom is 0.130 e. The molecule has 2 aromatic rings. The molecule has 106 valence electrons. The van der Waals surface area contributed by atoms with Gasteiger partial charge in [0.25, 0.3) is 0 Å². The first-order valence-electron chi connectivity index (χ1n) is 6.42. The number of pyridine rings is 1. The normalized spacial score (nSPS) is 10.6. The van der Waals surface area contributed by atoms with E-state index in [2.05, 4.69) is 10.3 Å². The third kappa shape index (κ3) is 4.28. The summed E-state index contributed by atoms with van der Waals surface area (Å²) in [5, 5.41) is 3.18. The summed E-state index contributed by atoms with van der Waals surface area (Å²) in [5.41, 5.74) is 1.61. The van der Waals surface area contributed by atoms with Crippen LogP contribution in [0.5, 0.6) is 5.75 Å². The molecule has 0 saturated heterocycles. The van der Waals surface area contributed by atoms with Crippen molar-refractivity contribution in [1.29, 1.82) is 0 Å². The first-order chi connectivity index (χ1) is 9.67. The van der Waals surface area contributed by atoms with Crippen molar-refractivity contribution < 1.29 is 13.5 Å². The maximum atomic E-state index is 13.0. The molecule has 1 N–H and O–H groups in total. The van der Waals surface area contributed by atoms with Crippen LogP contribution in [0, 0.1) is 11.6 Å². The van der Waals surface area contributed by atoms with E-state index < -0.39 is 11.6 Å². The zero-order valence-corrected chi connectivity index (χ0v) is 11.2. The van der Waals surface area contributed by atoms with E-state index in [0.29, 0.717) is 12.2 Å². The summed E-state index contributed by atoms with van der Waals surface area (Å²) in [6, 6.07) is 8.70. The predicted octanol–water partition coefficient (Wildman–Crippen LogP) is 3.05. The van der Waals surface area contributed by atoms with Gasteiger partial charge in [0, 0.05) is 24.7 Å². The number of ether oxygens (including phenoxy) is 1. The molecular weight excluding hydrogens is 262 g/mol. The lowest BCUT2D eigenvalue weighted by Crippen LogP contribution is -2.13. The zero-order chi connectivity index (χ0) is 14.4. The van der Waals surface area contributed by atoms with Crippen LogP contribution in [0.15, 0.2) is 36.4 Å². The van der Waals surface area contributed by atoms with E-state index in [-0.39, 0.29) is 12.4 Å².